The van der Waals surface area contributed by atoms with Crippen LogP contribution in [0.4, 0.5) is 5.69 Å². The highest BCUT2D eigenvalue weighted by atomic mass is 15.2. The molecule has 0 spiro atoms. The average molecular weight is 257 g/mol. The van der Waals surface area contributed by atoms with Crippen molar-refractivity contribution >= 4 is 5.69 Å². The molecule has 1 aromatic heterocycles. The zero-order valence-electron chi connectivity index (χ0n) is 11.7. The van der Waals surface area contributed by atoms with E-state index in [0.717, 1.165) is 32.5 Å². The summed E-state index contributed by atoms with van der Waals surface area (Å²) in [6.45, 7) is 5.27. The van der Waals surface area contributed by atoms with Gasteiger partial charge in [0.05, 0.1) is 17.9 Å². The molecule has 1 atom stereocenters. The fourth-order valence-corrected chi connectivity index (χ4v) is 2.26. The molecule has 0 saturated carbocycles. The lowest BCUT2D eigenvalue weighted by Crippen LogP contribution is -2.29. The van der Waals surface area contributed by atoms with Crippen LogP contribution in [-0.4, -0.2) is 30.7 Å². The van der Waals surface area contributed by atoms with Gasteiger partial charge in [-0.2, -0.15) is 0 Å². The molecule has 3 heteroatoms. The molecule has 0 radical (unpaired) electrons. The standard InChI is InChI=1S/C16H23N3/c1-2-3-4-5-7-15-9-12-19(13-11-18-15)16-8-6-10-17-14-16/h6,8,10,14-15,18H,2-4,9,11-13H2,1H3. The third kappa shape index (κ3) is 4.57. The molecule has 0 bridgehead atoms. The minimum atomic E-state index is 0.346. The minimum Gasteiger partial charge on any atom is -0.369 e. The lowest BCUT2D eigenvalue weighted by Gasteiger charge is -2.21. The predicted molar refractivity (Wildman–Crippen MR) is 80.2 cm³/mol. The molecule has 0 aliphatic carbocycles. The molecule has 102 valence electrons. The van der Waals surface area contributed by atoms with E-state index < -0.39 is 0 Å². The Morgan fingerprint density at radius 3 is 3.21 bits per heavy atom. The summed E-state index contributed by atoms with van der Waals surface area (Å²) in [5.74, 6) is 6.66. The maximum absolute atomic E-state index is 4.19. The van der Waals surface area contributed by atoms with Gasteiger partial charge in [0.2, 0.25) is 0 Å². The number of hydrogen-bond donors (Lipinski definition) is 1. The van der Waals surface area contributed by atoms with Crippen molar-refractivity contribution in [2.24, 2.45) is 0 Å². The van der Waals surface area contributed by atoms with Gasteiger partial charge in [-0.1, -0.05) is 19.3 Å². The van der Waals surface area contributed by atoms with Crippen LogP contribution in [0.1, 0.15) is 32.6 Å². The number of pyridine rings is 1. The van der Waals surface area contributed by atoms with E-state index in [4.69, 9.17) is 0 Å². The van der Waals surface area contributed by atoms with Crippen LogP contribution in [0.15, 0.2) is 24.5 Å². The van der Waals surface area contributed by atoms with Crippen molar-refractivity contribution in [3.8, 4) is 11.8 Å². The largest absolute Gasteiger partial charge is 0.369 e. The molecule has 1 aliphatic heterocycles. The summed E-state index contributed by atoms with van der Waals surface area (Å²) < 4.78 is 0. The van der Waals surface area contributed by atoms with Crippen molar-refractivity contribution in [2.75, 3.05) is 24.5 Å². The molecule has 1 saturated heterocycles. The summed E-state index contributed by atoms with van der Waals surface area (Å²) in [5.41, 5.74) is 1.21. The van der Waals surface area contributed by atoms with E-state index in [9.17, 15) is 0 Å². The topological polar surface area (TPSA) is 28.2 Å². The van der Waals surface area contributed by atoms with E-state index in [1.807, 2.05) is 18.5 Å². The summed E-state index contributed by atoms with van der Waals surface area (Å²) in [5, 5.41) is 3.52. The molecule has 0 amide bonds. The SMILES string of the molecule is CCCCC#CC1CCN(c2cccnc2)CCN1. The highest BCUT2D eigenvalue weighted by Crippen LogP contribution is 2.13. The minimum absolute atomic E-state index is 0.346. The second-order valence-corrected chi connectivity index (χ2v) is 4.92. The Balaban J connectivity index is 1.86. The smallest absolute Gasteiger partial charge is 0.0707 e. The number of aromatic nitrogens is 1. The zero-order chi connectivity index (χ0) is 13.3. The quantitative estimate of drug-likeness (QED) is 0.666. The van der Waals surface area contributed by atoms with Crippen LogP contribution in [0, 0.1) is 11.8 Å². The van der Waals surface area contributed by atoms with Crippen molar-refractivity contribution in [1.82, 2.24) is 10.3 Å². The predicted octanol–water partition coefficient (Wildman–Crippen LogP) is 2.44. The second kappa shape index (κ2) is 7.81. The third-order valence-corrected chi connectivity index (χ3v) is 3.40. The van der Waals surface area contributed by atoms with E-state index in [1.165, 1.54) is 18.5 Å². The summed E-state index contributed by atoms with van der Waals surface area (Å²) in [7, 11) is 0. The first-order valence-electron chi connectivity index (χ1n) is 7.27. The molecule has 1 aromatic rings. The molecular formula is C16H23N3. The highest BCUT2D eigenvalue weighted by molar-refractivity contribution is 5.43. The van der Waals surface area contributed by atoms with Crippen LogP contribution < -0.4 is 10.2 Å². The van der Waals surface area contributed by atoms with Gasteiger partial charge in [0, 0.05) is 32.3 Å². The van der Waals surface area contributed by atoms with Crippen LogP contribution in [0.25, 0.3) is 0 Å². The van der Waals surface area contributed by atoms with Gasteiger partial charge in [0.25, 0.3) is 0 Å². The molecule has 1 aliphatic rings. The van der Waals surface area contributed by atoms with Crippen LogP contribution in [0.3, 0.4) is 0 Å². The van der Waals surface area contributed by atoms with E-state index >= 15 is 0 Å². The number of anilines is 1. The third-order valence-electron chi connectivity index (χ3n) is 3.40. The normalized spacial score (nSPS) is 19.4. The van der Waals surface area contributed by atoms with Crippen LogP contribution in [-0.2, 0) is 0 Å². The Kier molecular flexibility index (Phi) is 5.71. The van der Waals surface area contributed by atoms with Crippen molar-refractivity contribution in [1.29, 1.82) is 0 Å². The molecule has 19 heavy (non-hydrogen) atoms. The van der Waals surface area contributed by atoms with Crippen LogP contribution >= 0.6 is 0 Å². The Hall–Kier alpha value is -1.53. The van der Waals surface area contributed by atoms with E-state index in [-0.39, 0.29) is 0 Å². The Bertz CT molecular complexity index is 419. The van der Waals surface area contributed by atoms with Gasteiger partial charge in [-0.15, -0.1) is 5.92 Å². The van der Waals surface area contributed by atoms with Crippen molar-refractivity contribution < 1.29 is 0 Å². The number of hydrogen-bond acceptors (Lipinski definition) is 3. The monoisotopic (exact) mass is 257 g/mol. The molecule has 0 aromatic carbocycles. The summed E-state index contributed by atoms with van der Waals surface area (Å²) in [6.07, 6.45) is 8.30. The number of rotatable bonds is 3. The van der Waals surface area contributed by atoms with Gasteiger partial charge < -0.3 is 10.2 Å². The van der Waals surface area contributed by atoms with E-state index in [0.29, 0.717) is 6.04 Å². The molecule has 2 rings (SSSR count). The van der Waals surface area contributed by atoms with Crippen LogP contribution in [0.5, 0.6) is 0 Å². The van der Waals surface area contributed by atoms with Crippen molar-refractivity contribution in [2.45, 2.75) is 38.6 Å². The Morgan fingerprint density at radius 2 is 2.42 bits per heavy atom. The number of nitrogens with one attached hydrogen (secondary N) is 1. The fourth-order valence-electron chi connectivity index (χ4n) is 2.26. The summed E-state index contributed by atoms with van der Waals surface area (Å²) in [4.78, 5) is 6.57. The molecule has 1 unspecified atom stereocenters. The first-order valence-corrected chi connectivity index (χ1v) is 7.27. The molecule has 1 N–H and O–H groups in total. The van der Waals surface area contributed by atoms with Crippen molar-refractivity contribution in [3.63, 3.8) is 0 Å². The second-order valence-electron chi connectivity index (χ2n) is 4.92. The van der Waals surface area contributed by atoms with Gasteiger partial charge in [0.1, 0.15) is 0 Å². The Labute approximate surface area is 116 Å². The maximum atomic E-state index is 4.19. The van der Waals surface area contributed by atoms with E-state index in [1.54, 1.807) is 0 Å². The first kappa shape index (κ1) is 13.9. The molecule has 1 fully saturated rings. The van der Waals surface area contributed by atoms with Crippen molar-refractivity contribution in [3.05, 3.63) is 24.5 Å². The van der Waals surface area contributed by atoms with Gasteiger partial charge in [-0.05, 0) is 25.0 Å². The van der Waals surface area contributed by atoms with Gasteiger partial charge in [0.15, 0.2) is 0 Å². The summed E-state index contributed by atoms with van der Waals surface area (Å²) in [6, 6.07) is 4.47. The molecule has 3 nitrogen and oxygen atoms in total. The van der Waals surface area contributed by atoms with Crippen LogP contribution in [0.2, 0.25) is 0 Å². The number of nitrogens with zero attached hydrogens (tertiary/aromatic N) is 2. The van der Waals surface area contributed by atoms with Gasteiger partial charge >= 0.3 is 0 Å². The maximum Gasteiger partial charge on any atom is 0.0707 e. The van der Waals surface area contributed by atoms with Gasteiger partial charge in [-0.3, -0.25) is 4.98 Å². The lowest BCUT2D eigenvalue weighted by molar-refractivity contribution is 0.630. The number of unbranched alkanes of at least 4 members (excludes halogenated alkanes) is 2. The van der Waals surface area contributed by atoms with Gasteiger partial charge in [-0.25, -0.2) is 0 Å². The molecule has 2 heterocycles. The Morgan fingerprint density at radius 1 is 1.47 bits per heavy atom. The van der Waals surface area contributed by atoms with E-state index in [2.05, 4.69) is 40.0 Å². The first-order chi connectivity index (χ1) is 9.40. The highest BCUT2D eigenvalue weighted by Gasteiger charge is 2.14. The lowest BCUT2D eigenvalue weighted by atomic mass is 10.2. The zero-order valence-corrected chi connectivity index (χ0v) is 11.7. The fraction of sp³-hybridized carbons (Fsp3) is 0.562. The average Bonchev–Trinajstić information content (AvgIpc) is 2.70. The molecular weight excluding hydrogens is 234 g/mol. The summed E-state index contributed by atoms with van der Waals surface area (Å²) >= 11 is 0.